The molecule has 1 saturated heterocycles. The molecular formula is C23H26Cl2F3N3O5S2. The lowest BCUT2D eigenvalue weighted by Gasteiger charge is -2.21. The van der Waals surface area contributed by atoms with Crippen LogP contribution in [-0.4, -0.2) is 58.8 Å². The van der Waals surface area contributed by atoms with E-state index in [-0.39, 0.29) is 57.0 Å². The number of sulfonamides is 1. The monoisotopic (exact) mass is 615 g/mol. The van der Waals surface area contributed by atoms with Crippen molar-refractivity contribution in [2.24, 2.45) is 0 Å². The number of hydrogen-bond acceptors (Lipinski definition) is 6. The summed E-state index contributed by atoms with van der Waals surface area (Å²) >= 11 is 12.2. The maximum absolute atomic E-state index is 14.0. The number of amides is 1. The number of nitrogens with zero attached hydrogens (tertiary/aromatic N) is 1. The summed E-state index contributed by atoms with van der Waals surface area (Å²) in [5, 5.41) is 2.39. The van der Waals surface area contributed by atoms with Crippen LogP contribution in [-0.2, 0) is 39.1 Å². The van der Waals surface area contributed by atoms with Gasteiger partial charge in [0, 0.05) is 47.8 Å². The first-order valence-corrected chi connectivity index (χ1v) is 15.7. The summed E-state index contributed by atoms with van der Waals surface area (Å²) in [6.45, 7) is 1.52. The summed E-state index contributed by atoms with van der Waals surface area (Å²) in [4.78, 5) is 14.4. The molecule has 1 aliphatic heterocycles. The van der Waals surface area contributed by atoms with Gasteiger partial charge in [0.25, 0.3) is 5.91 Å². The molecule has 0 spiro atoms. The van der Waals surface area contributed by atoms with E-state index in [1.807, 2.05) is 0 Å². The van der Waals surface area contributed by atoms with Crippen LogP contribution >= 0.6 is 23.2 Å². The lowest BCUT2D eigenvalue weighted by Crippen LogP contribution is -2.36. The van der Waals surface area contributed by atoms with Crippen molar-refractivity contribution < 1.29 is 34.8 Å². The highest BCUT2D eigenvalue weighted by atomic mass is 35.5. The maximum atomic E-state index is 14.0. The predicted molar refractivity (Wildman–Crippen MR) is 138 cm³/mol. The summed E-state index contributed by atoms with van der Waals surface area (Å²) in [5.41, 5.74) is -1.49. The van der Waals surface area contributed by atoms with Crippen molar-refractivity contribution in [2.45, 2.75) is 43.5 Å². The maximum Gasteiger partial charge on any atom is 0.416 e. The third-order valence-corrected chi connectivity index (χ3v) is 9.14. The molecule has 0 saturated carbocycles. The Morgan fingerprint density at radius 1 is 1.13 bits per heavy atom. The molecule has 2 N–H and O–H groups in total. The normalized spacial score (nSPS) is 17.1. The quantitative estimate of drug-likeness (QED) is 0.443. The van der Waals surface area contributed by atoms with Crippen molar-refractivity contribution in [3.63, 3.8) is 0 Å². The highest BCUT2D eigenvalue weighted by Gasteiger charge is 2.37. The average Bonchev–Trinajstić information content (AvgIpc) is 3.22. The lowest BCUT2D eigenvalue weighted by atomic mass is 10.0. The van der Waals surface area contributed by atoms with Crippen LogP contribution < -0.4 is 10.0 Å². The Bertz CT molecular complexity index is 1430. The summed E-state index contributed by atoms with van der Waals surface area (Å²) in [6, 6.07) is 5.44. The third kappa shape index (κ3) is 7.82. The molecule has 1 amide bonds. The van der Waals surface area contributed by atoms with E-state index in [0.29, 0.717) is 19.0 Å². The van der Waals surface area contributed by atoms with E-state index in [1.54, 1.807) is 4.90 Å². The zero-order valence-corrected chi connectivity index (χ0v) is 23.5. The largest absolute Gasteiger partial charge is 0.416 e. The van der Waals surface area contributed by atoms with Gasteiger partial charge in [-0.15, -0.1) is 0 Å². The van der Waals surface area contributed by atoms with Gasteiger partial charge in [0.05, 0.1) is 22.5 Å². The molecule has 1 unspecified atom stereocenters. The van der Waals surface area contributed by atoms with Crippen LogP contribution in [0.15, 0.2) is 35.2 Å². The van der Waals surface area contributed by atoms with Gasteiger partial charge in [-0.2, -0.15) is 13.2 Å². The first-order valence-electron chi connectivity index (χ1n) is 11.4. The van der Waals surface area contributed by atoms with Crippen molar-refractivity contribution in [1.29, 1.82) is 0 Å². The number of halogens is 5. The number of likely N-dealkylation sites (tertiary alicyclic amines) is 1. The number of carbonyl (C=O) groups excluding carboxylic acids is 1. The standard InChI is InChI=1S/C23H26Cl2F3N3O5S2/c1-3-38(35,36)21-5-4-16(24)8-15(21)11-29-22(32)14-9-19(23(26,27)28)18(20(25)10-14)13-31-7-6-17(12-31)30-37(2,33)34/h4-5,8-10,17,30H,3,6-7,11-13H2,1-2H3,(H,29,32). The number of nitrogens with one attached hydrogen (secondary N) is 2. The van der Waals surface area contributed by atoms with Crippen LogP contribution in [0.25, 0.3) is 0 Å². The van der Waals surface area contributed by atoms with Crippen molar-refractivity contribution in [3.05, 3.63) is 62.6 Å². The molecule has 38 heavy (non-hydrogen) atoms. The zero-order chi connectivity index (χ0) is 28.5. The molecule has 8 nitrogen and oxygen atoms in total. The summed E-state index contributed by atoms with van der Waals surface area (Å²) < 4.78 is 92.1. The molecule has 0 aliphatic carbocycles. The topological polar surface area (TPSA) is 113 Å². The average molecular weight is 617 g/mol. The van der Waals surface area contributed by atoms with Crippen molar-refractivity contribution >= 4 is 49.0 Å². The Morgan fingerprint density at radius 2 is 1.82 bits per heavy atom. The van der Waals surface area contributed by atoms with E-state index >= 15 is 0 Å². The van der Waals surface area contributed by atoms with Crippen molar-refractivity contribution in [2.75, 3.05) is 25.1 Å². The van der Waals surface area contributed by atoms with Gasteiger partial charge in [-0.25, -0.2) is 21.6 Å². The van der Waals surface area contributed by atoms with Crippen LogP contribution in [0.2, 0.25) is 10.0 Å². The Hall–Kier alpha value is -1.90. The molecule has 210 valence electrons. The number of carbonyl (C=O) groups is 1. The summed E-state index contributed by atoms with van der Waals surface area (Å²) in [6.07, 6.45) is -3.39. The van der Waals surface area contributed by atoms with Gasteiger partial charge in [0.15, 0.2) is 9.84 Å². The summed E-state index contributed by atoms with van der Waals surface area (Å²) in [5.74, 6) is -1.08. The molecule has 1 heterocycles. The second-order valence-electron chi connectivity index (χ2n) is 8.93. The zero-order valence-electron chi connectivity index (χ0n) is 20.4. The molecule has 0 bridgehead atoms. The number of alkyl halides is 3. The van der Waals surface area contributed by atoms with E-state index in [1.165, 1.54) is 25.1 Å². The van der Waals surface area contributed by atoms with E-state index in [9.17, 15) is 34.8 Å². The SMILES string of the molecule is CCS(=O)(=O)c1ccc(Cl)cc1CNC(=O)c1cc(Cl)c(CN2CCC(NS(C)(=O)=O)C2)c(C(F)(F)F)c1. The van der Waals surface area contributed by atoms with E-state index < -0.39 is 43.5 Å². The van der Waals surface area contributed by atoms with Crippen LogP contribution in [0.3, 0.4) is 0 Å². The van der Waals surface area contributed by atoms with E-state index in [2.05, 4.69) is 10.0 Å². The fraction of sp³-hybridized carbons (Fsp3) is 0.435. The van der Waals surface area contributed by atoms with Gasteiger partial charge in [-0.3, -0.25) is 9.69 Å². The van der Waals surface area contributed by atoms with Crippen LogP contribution in [0, 0.1) is 0 Å². The molecule has 2 aromatic carbocycles. The second kappa shape index (κ2) is 11.7. The van der Waals surface area contributed by atoms with Gasteiger partial charge in [-0.05, 0) is 47.9 Å². The molecule has 15 heteroatoms. The number of benzene rings is 2. The molecule has 1 aliphatic rings. The molecule has 0 aromatic heterocycles. The molecule has 1 fully saturated rings. The molecular weight excluding hydrogens is 590 g/mol. The first kappa shape index (κ1) is 30.6. The van der Waals surface area contributed by atoms with Gasteiger partial charge < -0.3 is 5.32 Å². The summed E-state index contributed by atoms with van der Waals surface area (Å²) in [7, 11) is -7.11. The lowest BCUT2D eigenvalue weighted by molar-refractivity contribution is -0.138. The van der Waals surface area contributed by atoms with E-state index in [4.69, 9.17) is 23.2 Å². The minimum Gasteiger partial charge on any atom is -0.348 e. The molecule has 0 radical (unpaired) electrons. The van der Waals surface area contributed by atoms with Crippen molar-refractivity contribution in [3.8, 4) is 0 Å². The van der Waals surface area contributed by atoms with Crippen LogP contribution in [0.4, 0.5) is 13.2 Å². The van der Waals surface area contributed by atoms with Crippen LogP contribution in [0.1, 0.15) is 40.4 Å². The number of sulfone groups is 1. The Kier molecular flexibility index (Phi) is 9.42. The van der Waals surface area contributed by atoms with Gasteiger partial charge in [-0.1, -0.05) is 30.1 Å². The fourth-order valence-electron chi connectivity index (χ4n) is 4.20. The highest BCUT2D eigenvalue weighted by Crippen LogP contribution is 2.37. The number of rotatable bonds is 9. The molecule has 3 rings (SSSR count). The Labute approximate surface area is 229 Å². The van der Waals surface area contributed by atoms with Gasteiger partial charge in [0.2, 0.25) is 10.0 Å². The Morgan fingerprint density at radius 3 is 2.42 bits per heavy atom. The fourth-order valence-corrected chi connectivity index (χ4v) is 6.59. The highest BCUT2D eigenvalue weighted by molar-refractivity contribution is 7.91. The van der Waals surface area contributed by atoms with Gasteiger partial charge >= 0.3 is 6.18 Å². The minimum atomic E-state index is -4.82. The first-order chi connectivity index (χ1) is 17.5. The molecule has 1 atom stereocenters. The third-order valence-electron chi connectivity index (χ3n) is 5.97. The predicted octanol–water partition coefficient (Wildman–Crippen LogP) is 3.86. The minimum absolute atomic E-state index is 0.0386. The van der Waals surface area contributed by atoms with Crippen LogP contribution in [0.5, 0.6) is 0 Å². The smallest absolute Gasteiger partial charge is 0.348 e. The van der Waals surface area contributed by atoms with Gasteiger partial charge in [0.1, 0.15) is 0 Å². The molecule has 2 aromatic rings. The van der Waals surface area contributed by atoms with E-state index in [0.717, 1.165) is 12.3 Å². The van der Waals surface area contributed by atoms with Crippen molar-refractivity contribution in [1.82, 2.24) is 14.9 Å². The Balaban J connectivity index is 1.84. The number of hydrogen-bond donors (Lipinski definition) is 2. The second-order valence-corrected chi connectivity index (χ2v) is 13.8.